The Labute approximate surface area is 178 Å². The van der Waals surface area contributed by atoms with E-state index in [2.05, 4.69) is 4.99 Å². The molecule has 1 unspecified atom stereocenters. The first-order chi connectivity index (χ1) is 14.3. The number of aliphatic imine (C=N–C) groups is 1. The fraction of sp³-hybridized carbons (Fsp3) is 0.238. The van der Waals surface area contributed by atoms with E-state index in [1.54, 1.807) is 36.4 Å². The van der Waals surface area contributed by atoms with Crippen LogP contribution in [0.3, 0.4) is 0 Å². The molecule has 0 aliphatic carbocycles. The summed E-state index contributed by atoms with van der Waals surface area (Å²) < 4.78 is 29.9. The smallest absolute Gasteiger partial charge is 0.265 e. The Balaban J connectivity index is 1.96. The second kappa shape index (κ2) is 7.77. The number of hydrogen-bond donors (Lipinski definition) is 1. The molecule has 1 saturated heterocycles. The van der Waals surface area contributed by atoms with Crippen LogP contribution in [0.1, 0.15) is 12.0 Å². The van der Waals surface area contributed by atoms with Crippen molar-refractivity contribution >= 4 is 38.4 Å². The number of aromatic nitrogens is 1. The third kappa shape index (κ3) is 3.68. The van der Waals surface area contributed by atoms with E-state index in [9.17, 15) is 18.3 Å². The number of methoxy groups -OCH3 is 1. The van der Waals surface area contributed by atoms with Crippen molar-refractivity contribution in [1.82, 2.24) is 4.57 Å². The van der Waals surface area contributed by atoms with Gasteiger partial charge in [-0.2, -0.15) is 0 Å². The number of halogens is 1. The number of hydrogen-bond acceptors (Lipinski definition) is 6. The van der Waals surface area contributed by atoms with Gasteiger partial charge in [0, 0.05) is 22.0 Å². The van der Waals surface area contributed by atoms with Gasteiger partial charge >= 0.3 is 0 Å². The Morgan fingerprint density at radius 2 is 1.97 bits per heavy atom. The van der Waals surface area contributed by atoms with Gasteiger partial charge in [-0.3, -0.25) is 9.79 Å². The Bertz CT molecular complexity index is 1330. The fourth-order valence-electron chi connectivity index (χ4n) is 3.62. The average molecular weight is 447 g/mol. The number of rotatable bonds is 4. The molecule has 2 heterocycles. The molecule has 1 N–H and O–H groups in total. The van der Waals surface area contributed by atoms with Crippen molar-refractivity contribution in [2.45, 2.75) is 12.5 Å². The van der Waals surface area contributed by atoms with Crippen molar-refractivity contribution in [2.75, 3.05) is 18.6 Å². The number of nitrogens with zero attached hydrogens (tertiary/aromatic N) is 2. The molecule has 1 aromatic heterocycles. The number of benzene rings is 2. The third-order valence-corrected chi connectivity index (χ3v) is 7.09. The fourth-order valence-corrected chi connectivity index (χ4v) is 5.43. The lowest BCUT2D eigenvalue weighted by Crippen LogP contribution is -2.21. The van der Waals surface area contributed by atoms with Crippen LogP contribution in [0.25, 0.3) is 16.5 Å². The van der Waals surface area contributed by atoms with Gasteiger partial charge in [0.2, 0.25) is 5.88 Å². The minimum atomic E-state index is -3.09. The second-order valence-corrected chi connectivity index (χ2v) is 9.74. The van der Waals surface area contributed by atoms with E-state index in [1.165, 1.54) is 19.4 Å². The van der Waals surface area contributed by atoms with E-state index < -0.39 is 15.4 Å². The highest BCUT2D eigenvalue weighted by molar-refractivity contribution is 7.91. The molecule has 1 fully saturated rings. The average Bonchev–Trinajstić information content (AvgIpc) is 3.07. The lowest BCUT2D eigenvalue weighted by molar-refractivity contribution is 0.404. The van der Waals surface area contributed by atoms with E-state index in [0.29, 0.717) is 33.5 Å². The molecule has 2 aromatic carbocycles. The summed E-state index contributed by atoms with van der Waals surface area (Å²) in [6, 6.07) is 11.2. The molecule has 0 bridgehead atoms. The normalized spacial score (nSPS) is 18.3. The topological polar surface area (TPSA) is 98.0 Å². The largest absolute Gasteiger partial charge is 0.495 e. The molecule has 156 valence electrons. The van der Waals surface area contributed by atoms with Crippen molar-refractivity contribution in [3.63, 3.8) is 0 Å². The van der Waals surface area contributed by atoms with E-state index in [0.717, 1.165) is 4.57 Å². The summed E-state index contributed by atoms with van der Waals surface area (Å²) >= 11 is 6.12. The Morgan fingerprint density at radius 1 is 1.23 bits per heavy atom. The summed E-state index contributed by atoms with van der Waals surface area (Å²) in [4.78, 5) is 17.6. The van der Waals surface area contributed by atoms with Crippen LogP contribution in [-0.2, 0) is 9.84 Å². The number of aromatic hydroxyl groups is 1. The highest BCUT2D eigenvalue weighted by Gasteiger charge is 2.27. The van der Waals surface area contributed by atoms with Gasteiger partial charge in [0.1, 0.15) is 5.75 Å². The maximum absolute atomic E-state index is 13.2. The Morgan fingerprint density at radius 3 is 2.63 bits per heavy atom. The molecular weight excluding hydrogens is 428 g/mol. The molecule has 0 spiro atoms. The van der Waals surface area contributed by atoms with Crippen molar-refractivity contribution in [3.05, 3.63) is 63.4 Å². The number of fused-ring (bicyclic) bond motifs is 1. The van der Waals surface area contributed by atoms with Gasteiger partial charge in [-0.15, -0.1) is 0 Å². The molecule has 0 amide bonds. The molecule has 1 atom stereocenters. The molecule has 1 aliphatic rings. The van der Waals surface area contributed by atoms with Gasteiger partial charge in [0.05, 0.1) is 35.9 Å². The van der Waals surface area contributed by atoms with Crippen molar-refractivity contribution in [2.24, 2.45) is 4.99 Å². The van der Waals surface area contributed by atoms with Crippen LogP contribution in [0.15, 0.2) is 52.3 Å². The van der Waals surface area contributed by atoms with Gasteiger partial charge in [0.15, 0.2) is 9.84 Å². The van der Waals surface area contributed by atoms with Gasteiger partial charge in [0.25, 0.3) is 5.56 Å². The van der Waals surface area contributed by atoms with Crippen molar-refractivity contribution < 1.29 is 18.3 Å². The minimum absolute atomic E-state index is 0.0239. The van der Waals surface area contributed by atoms with E-state index in [4.69, 9.17) is 16.3 Å². The Kier molecular flexibility index (Phi) is 5.29. The first-order valence-electron chi connectivity index (χ1n) is 9.25. The van der Waals surface area contributed by atoms with Gasteiger partial charge in [-0.25, -0.2) is 13.0 Å². The summed E-state index contributed by atoms with van der Waals surface area (Å²) in [7, 11) is -1.63. The molecule has 4 rings (SSSR count). The second-order valence-electron chi connectivity index (χ2n) is 7.07. The molecule has 0 radical (unpaired) electrons. The monoisotopic (exact) mass is 446 g/mol. The standard InChI is InChI=1S/C21H19ClN2O5S/c1-29-19-7-6-13(22)10-18(19)24-20(25)16-5-3-2-4-15(16)17(21(24)26)11-23-14-8-9-30(27,28)12-14/h2-7,10-11,14,26H,8-9,12H2,1H3. The van der Waals surface area contributed by atoms with Crippen LogP contribution in [0.2, 0.25) is 5.02 Å². The van der Waals surface area contributed by atoms with Crippen LogP contribution >= 0.6 is 11.6 Å². The zero-order chi connectivity index (χ0) is 21.5. The van der Waals surface area contributed by atoms with Crippen LogP contribution in [0, 0.1) is 0 Å². The zero-order valence-electron chi connectivity index (χ0n) is 16.1. The lowest BCUT2D eigenvalue weighted by Gasteiger charge is -2.16. The first-order valence-corrected chi connectivity index (χ1v) is 11.4. The van der Waals surface area contributed by atoms with E-state index >= 15 is 0 Å². The lowest BCUT2D eigenvalue weighted by atomic mass is 10.1. The molecule has 0 saturated carbocycles. The SMILES string of the molecule is COc1ccc(Cl)cc1-n1c(O)c(C=NC2CCS(=O)(=O)C2)c2ccccc2c1=O. The molecule has 30 heavy (non-hydrogen) atoms. The van der Waals surface area contributed by atoms with Crippen LogP contribution in [0.5, 0.6) is 11.6 Å². The van der Waals surface area contributed by atoms with Crippen molar-refractivity contribution in [3.8, 4) is 17.3 Å². The van der Waals surface area contributed by atoms with Gasteiger partial charge < -0.3 is 9.84 Å². The summed E-state index contributed by atoms with van der Waals surface area (Å²) in [6.07, 6.45) is 1.87. The number of ether oxygens (including phenoxy) is 1. The molecule has 9 heteroatoms. The van der Waals surface area contributed by atoms with Gasteiger partial charge in [-0.1, -0.05) is 29.8 Å². The molecule has 3 aromatic rings. The summed E-state index contributed by atoms with van der Waals surface area (Å²) in [5.41, 5.74) is 0.164. The number of sulfone groups is 1. The Hall–Kier alpha value is -2.84. The van der Waals surface area contributed by atoms with Crippen LogP contribution < -0.4 is 10.3 Å². The summed E-state index contributed by atoms with van der Waals surface area (Å²) in [5, 5.41) is 12.3. The van der Waals surface area contributed by atoms with Crippen LogP contribution in [0.4, 0.5) is 0 Å². The maximum atomic E-state index is 13.2. The number of pyridine rings is 1. The van der Waals surface area contributed by atoms with E-state index in [1.807, 2.05) is 0 Å². The first kappa shape index (κ1) is 20.4. The predicted octanol–water partition coefficient (Wildman–Crippen LogP) is 2.96. The van der Waals surface area contributed by atoms with Gasteiger partial charge in [-0.05, 0) is 30.7 Å². The third-order valence-electron chi connectivity index (χ3n) is 5.11. The van der Waals surface area contributed by atoms with Crippen molar-refractivity contribution in [1.29, 1.82) is 0 Å². The molecule has 7 nitrogen and oxygen atoms in total. The minimum Gasteiger partial charge on any atom is -0.495 e. The molecular formula is C21H19ClN2O5S. The molecule has 1 aliphatic heterocycles. The quantitative estimate of drug-likeness (QED) is 0.621. The maximum Gasteiger partial charge on any atom is 0.265 e. The zero-order valence-corrected chi connectivity index (χ0v) is 17.7. The highest BCUT2D eigenvalue weighted by Crippen LogP contribution is 2.32. The van der Waals surface area contributed by atoms with E-state index in [-0.39, 0.29) is 29.1 Å². The van der Waals surface area contributed by atoms with Crippen LogP contribution in [-0.4, -0.2) is 49.0 Å². The summed E-state index contributed by atoms with van der Waals surface area (Å²) in [5.74, 6) is 0.103. The predicted molar refractivity (Wildman–Crippen MR) is 117 cm³/mol. The summed E-state index contributed by atoms with van der Waals surface area (Å²) in [6.45, 7) is 0. The highest BCUT2D eigenvalue weighted by atomic mass is 35.5.